The standard InChI is InChI=1S/C18H15F3IN3/c1-10(12-4-3-5-13(8-12)18(19,20)21)23-17-15-9-14(22)6-7-16(15)24-11(2)25-17/h3-10H,1-2H3,(H,23,24,25)/t10-/m1/s1. The molecule has 0 bridgehead atoms. The van der Waals surface area contributed by atoms with E-state index >= 15 is 0 Å². The van der Waals surface area contributed by atoms with Crippen LogP contribution in [0.15, 0.2) is 42.5 Å². The maximum Gasteiger partial charge on any atom is 0.416 e. The summed E-state index contributed by atoms with van der Waals surface area (Å²) in [5.74, 6) is 1.22. The minimum absolute atomic E-state index is 0.335. The van der Waals surface area contributed by atoms with Crippen LogP contribution < -0.4 is 5.32 Å². The molecule has 3 aromatic rings. The molecule has 3 rings (SSSR count). The van der Waals surface area contributed by atoms with Gasteiger partial charge in [0.1, 0.15) is 11.6 Å². The zero-order chi connectivity index (χ0) is 18.2. The number of fused-ring (bicyclic) bond motifs is 1. The van der Waals surface area contributed by atoms with Crippen LogP contribution in [-0.4, -0.2) is 9.97 Å². The van der Waals surface area contributed by atoms with Crippen molar-refractivity contribution < 1.29 is 13.2 Å². The second-order valence-electron chi connectivity index (χ2n) is 5.77. The van der Waals surface area contributed by atoms with Gasteiger partial charge in [0, 0.05) is 15.0 Å². The third kappa shape index (κ3) is 4.02. The molecule has 2 aromatic carbocycles. The fourth-order valence-electron chi connectivity index (χ4n) is 2.60. The molecule has 0 amide bonds. The third-order valence-electron chi connectivity index (χ3n) is 3.84. The van der Waals surface area contributed by atoms with Crippen LogP contribution in [-0.2, 0) is 6.18 Å². The normalized spacial score (nSPS) is 13.0. The molecule has 3 nitrogen and oxygen atoms in total. The molecule has 7 heteroatoms. The van der Waals surface area contributed by atoms with E-state index in [0.29, 0.717) is 17.2 Å². The predicted octanol–water partition coefficient (Wildman–Crippen LogP) is 5.73. The maximum absolute atomic E-state index is 12.9. The first-order valence-electron chi connectivity index (χ1n) is 7.61. The van der Waals surface area contributed by atoms with Crippen LogP contribution in [0.25, 0.3) is 10.9 Å². The highest BCUT2D eigenvalue weighted by Gasteiger charge is 2.30. The number of rotatable bonds is 3. The number of benzene rings is 2. The number of hydrogen-bond acceptors (Lipinski definition) is 3. The highest BCUT2D eigenvalue weighted by Crippen LogP contribution is 2.32. The zero-order valence-electron chi connectivity index (χ0n) is 13.5. The second kappa shape index (κ2) is 6.78. The van der Waals surface area contributed by atoms with Gasteiger partial charge < -0.3 is 5.32 Å². The van der Waals surface area contributed by atoms with E-state index < -0.39 is 11.7 Å². The molecule has 0 aliphatic carbocycles. The molecular weight excluding hydrogens is 442 g/mol. The van der Waals surface area contributed by atoms with E-state index in [0.717, 1.165) is 26.6 Å². The van der Waals surface area contributed by atoms with Gasteiger partial charge in [0.2, 0.25) is 0 Å². The van der Waals surface area contributed by atoms with Gasteiger partial charge in [0.05, 0.1) is 11.1 Å². The number of nitrogens with zero attached hydrogens (tertiary/aromatic N) is 2. The Morgan fingerprint density at radius 1 is 1.08 bits per heavy atom. The highest BCUT2D eigenvalue weighted by atomic mass is 127. The summed E-state index contributed by atoms with van der Waals surface area (Å²) in [5, 5.41) is 4.07. The topological polar surface area (TPSA) is 37.8 Å². The van der Waals surface area contributed by atoms with E-state index in [9.17, 15) is 13.2 Å². The van der Waals surface area contributed by atoms with Gasteiger partial charge in [-0.2, -0.15) is 13.2 Å². The molecule has 1 heterocycles. The van der Waals surface area contributed by atoms with Crippen molar-refractivity contribution in [3.8, 4) is 0 Å². The summed E-state index contributed by atoms with van der Waals surface area (Å²) < 4.78 is 39.8. The van der Waals surface area contributed by atoms with Gasteiger partial charge >= 0.3 is 6.18 Å². The van der Waals surface area contributed by atoms with Crippen LogP contribution in [0.5, 0.6) is 0 Å². The quantitative estimate of drug-likeness (QED) is 0.511. The monoisotopic (exact) mass is 457 g/mol. The molecular formula is C18H15F3IN3. The van der Waals surface area contributed by atoms with Crippen LogP contribution in [0.2, 0.25) is 0 Å². The SMILES string of the molecule is Cc1nc(N[C@H](C)c2cccc(C(F)(F)F)c2)c2cc(I)ccc2n1. The summed E-state index contributed by atoms with van der Waals surface area (Å²) >= 11 is 2.20. The maximum atomic E-state index is 12.9. The minimum atomic E-state index is -4.36. The Labute approximate surface area is 156 Å². The molecule has 1 atom stereocenters. The van der Waals surface area contributed by atoms with E-state index in [1.165, 1.54) is 6.07 Å². The number of hydrogen-bond donors (Lipinski definition) is 1. The molecule has 1 aromatic heterocycles. The fourth-order valence-corrected chi connectivity index (χ4v) is 3.09. The lowest BCUT2D eigenvalue weighted by Crippen LogP contribution is -2.11. The van der Waals surface area contributed by atoms with Crippen LogP contribution in [0.4, 0.5) is 19.0 Å². The Hall–Kier alpha value is -1.90. The van der Waals surface area contributed by atoms with Gasteiger partial charge in [-0.25, -0.2) is 9.97 Å². The van der Waals surface area contributed by atoms with Crippen molar-refractivity contribution in [3.05, 3.63) is 63.0 Å². The van der Waals surface area contributed by atoms with E-state index in [2.05, 4.69) is 37.9 Å². The summed E-state index contributed by atoms with van der Waals surface area (Å²) in [5.41, 5.74) is 0.688. The average molecular weight is 457 g/mol. The van der Waals surface area contributed by atoms with Crippen LogP contribution in [0, 0.1) is 10.5 Å². The molecule has 0 unspecified atom stereocenters. The first-order chi connectivity index (χ1) is 11.7. The highest BCUT2D eigenvalue weighted by molar-refractivity contribution is 14.1. The molecule has 0 fully saturated rings. The third-order valence-corrected chi connectivity index (χ3v) is 4.51. The molecule has 0 saturated carbocycles. The van der Waals surface area contributed by atoms with Gasteiger partial charge in [0.25, 0.3) is 0 Å². The molecule has 0 saturated heterocycles. The van der Waals surface area contributed by atoms with Gasteiger partial charge in [-0.15, -0.1) is 0 Å². The average Bonchev–Trinajstić information content (AvgIpc) is 2.55. The molecule has 0 aliphatic rings. The summed E-state index contributed by atoms with van der Waals surface area (Å²) in [6.45, 7) is 3.60. The zero-order valence-corrected chi connectivity index (χ0v) is 15.7. The van der Waals surface area contributed by atoms with Crippen molar-refractivity contribution in [3.63, 3.8) is 0 Å². The molecule has 0 aliphatic heterocycles. The Balaban J connectivity index is 1.97. The number of anilines is 1. The van der Waals surface area contributed by atoms with E-state index in [1.807, 2.05) is 25.1 Å². The van der Waals surface area contributed by atoms with E-state index in [1.54, 1.807) is 13.0 Å². The number of aromatic nitrogens is 2. The van der Waals surface area contributed by atoms with Crippen LogP contribution in [0.1, 0.15) is 29.9 Å². The molecule has 1 N–H and O–H groups in total. The van der Waals surface area contributed by atoms with Gasteiger partial charge in [0.15, 0.2) is 0 Å². The lowest BCUT2D eigenvalue weighted by molar-refractivity contribution is -0.137. The lowest BCUT2D eigenvalue weighted by Gasteiger charge is -2.18. The molecule has 0 spiro atoms. The van der Waals surface area contributed by atoms with Gasteiger partial charge in [-0.05, 0) is 72.3 Å². The van der Waals surface area contributed by atoms with E-state index in [4.69, 9.17) is 0 Å². The summed E-state index contributed by atoms with van der Waals surface area (Å²) in [6, 6.07) is 10.8. The Kier molecular flexibility index (Phi) is 4.86. The fraction of sp³-hybridized carbons (Fsp3) is 0.222. The van der Waals surface area contributed by atoms with Crippen molar-refractivity contribution >= 4 is 39.3 Å². The predicted molar refractivity (Wildman–Crippen MR) is 100 cm³/mol. The first kappa shape index (κ1) is 17.9. The first-order valence-corrected chi connectivity index (χ1v) is 8.69. The number of aryl methyl sites for hydroxylation is 1. The van der Waals surface area contributed by atoms with Crippen molar-refractivity contribution in [2.24, 2.45) is 0 Å². The molecule has 0 radical (unpaired) electrons. The van der Waals surface area contributed by atoms with Gasteiger partial charge in [-0.3, -0.25) is 0 Å². The summed E-state index contributed by atoms with van der Waals surface area (Å²) in [7, 11) is 0. The molecule has 130 valence electrons. The minimum Gasteiger partial charge on any atom is -0.363 e. The Morgan fingerprint density at radius 3 is 2.56 bits per heavy atom. The Bertz CT molecular complexity index is 925. The van der Waals surface area contributed by atoms with Crippen molar-refractivity contribution in [2.75, 3.05) is 5.32 Å². The largest absolute Gasteiger partial charge is 0.416 e. The summed E-state index contributed by atoms with van der Waals surface area (Å²) in [4.78, 5) is 8.83. The molecule has 25 heavy (non-hydrogen) atoms. The second-order valence-corrected chi connectivity index (χ2v) is 7.02. The summed E-state index contributed by atoms with van der Waals surface area (Å²) in [6.07, 6.45) is -4.36. The Morgan fingerprint density at radius 2 is 1.84 bits per heavy atom. The van der Waals surface area contributed by atoms with Crippen molar-refractivity contribution in [2.45, 2.75) is 26.1 Å². The van der Waals surface area contributed by atoms with Crippen LogP contribution in [0.3, 0.4) is 0 Å². The van der Waals surface area contributed by atoms with Gasteiger partial charge in [-0.1, -0.05) is 12.1 Å². The number of nitrogens with one attached hydrogen (secondary N) is 1. The smallest absolute Gasteiger partial charge is 0.363 e. The lowest BCUT2D eigenvalue weighted by atomic mass is 10.0. The van der Waals surface area contributed by atoms with Crippen molar-refractivity contribution in [1.82, 2.24) is 9.97 Å². The van der Waals surface area contributed by atoms with Crippen LogP contribution >= 0.6 is 22.6 Å². The van der Waals surface area contributed by atoms with E-state index in [-0.39, 0.29) is 6.04 Å². The number of halogens is 4. The number of alkyl halides is 3. The van der Waals surface area contributed by atoms with Crippen molar-refractivity contribution in [1.29, 1.82) is 0 Å².